The molecule has 1 rings (SSSR count). The molecule has 0 saturated heterocycles. The first-order valence-electron chi connectivity index (χ1n) is 8.59. The average molecular weight is 343 g/mol. The third-order valence-corrected chi connectivity index (χ3v) is 3.22. The molecule has 0 heterocycles. The highest BCUT2D eigenvalue weighted by molar-refractivity contribution is 5.75. The molecule has 136 valence electrons. The summed E-state index contributed by atoms with van der Waals surface area (Å²) in [4.78, 5) is 11.9. The summed E-state index contributed by atoms with van der Waals surface area (Å²) in [5, 5.41) is 12.8. The van der Waals surface area contributed by atoms with E-state index in [1.165, 1.54) is 0 Å². The molecular formula is C21H29NO3. The third kappa shape index (κ3) is 9.46. The fraction of sp³-hybridized carbons (Fsp3) is 0.476. The van der Waals surface area contributed by atoms with Gasteiger partial charge < -0.3 is 15.2 Å². The zero-order valence-corrected chi connectivity index (χ0v) is 15.7. The summed E-state index contributed by atoms with van der Waals surface area (Å²) >= 11 is 0. The zero-order valence-electron chi connectivity index (χ0n) is 15.7. The van der Waals surface area contributed by atoms with Crippen LogP contribution in [0.5, 0.6) is 11.5 Å². The standard InChI is InChI=1S/C21H29NO3/c1-16(2)25-19-12-11-17(14-18(19)23)15-22-20(24)10-8-6-7-9-13-21(3,4)5/h11-12,14,23H,1,6-8,10,15H2,2-5H3,(H,22,24). The number of allylic oxidation sites excluding steroid dienone is 1. The van der Waals surface area contributed by atoms with Crippen molar-refractivity contribution in [2.45, 2.75) is 59.9 Å². The van der Waals surface area contributed by atoms with E-state index >= 15 is 0 Å². The number of phenols is 1. The molecule has 1 aromatic carbocycles. The van der Waals surface area contributed by atoms with Crippen LogP contribution in [-0.4, -0.2) is 11.0 Å². The molecule has 25 heavy (non-hydrogen) atoms. The lowest BCUT2D eigenvalue weighted by atomic mass is 9.97. The van der Waals surface area contributed by atoms with Gasteiger partial charge in [-0.25, -0.2) is 0 Å². The number of unbranched alkanes of at least 4 members (excludes halogenated alkanes) is 2. The number of carbonyl (C=O) groups is 1. The van der Waals surface area contributed by atoms with Crippen molar-refractivity contribution < 1.29 is 14.6 Å². The molecule has 1 aromatic rings. The Hall–Kier alpha value is -2.41. The van der Waals surface area contributed by atoms with Gasteiger partial charge in [0.05, 0.1) is 5.76 Å². The van der Waals surface area contributed by atoms with Gasteiger partial charge in [-0.15, -0.1) is 5.92 Å². The van der Waals surface area contributed by atoms with Crippen molar-refractivity contribution in [3.05, 3.63) is 36.1 Å². The Labute approximate surface area is 151 Å². The smallest absolute Gasteiger partial charge is 0.220 e. The second kappa shape index (κ2) is 9.78. The molecule has 2 N–H and O–H groups in total. The molecule has 0 unspecified atom stereocenters. The maximum Gasteiger partial charge on any atom is 0.220 e. The van der Waals surface area contributed by atoms with Crippen molar-refractivity contribution in [3.63, 3.8) is 0 Å². The van der Waals surface area contributed by atoms with Gasteiger partial charge >= 0.3 is 0 Å². The molecule has 0 saturated carbocycles. The van der Waals surface area contributed by atoms with E-state index in [0.29, 0.717) is 24.5 Å². The third-order valence-electron chi connectivity index (χ3n) is 3.22. The van der Waals surface area contributed by atoms with E-state index < -0.39 is 0 Å². The van der Waals surface area contributed by atoms with Gasteiger partial charge in [-0.3, -0.25) is 4.79 Å². The molecule has 1 amide bonds. The minimum Gasteiger partial charge on any atom is -0.504 e. The van der Waals surface area contributed by atoms with Gasteiger partial charge in [0.2, 0.25) is 5.91 Å². The quantitative estimate of drug-likeness (QED) is 0.414. The number of rotatable bonds is 8. The molecule has 0 aromatic heterocycles. The summed E-state index contributed by atoms with van der Waals surface area (Å²) in [6.07, 6.45) is 3.05. The highest BCUT2D eigenvalue weighted by Crippen LogP contribution is 2.28. The normalized spacial score (nSPS) is 10.6. The number of ether oxygens (including phenoxy) is 1. The van der Waals surface area contributed by atoms with E-state index in [2.05, 4.69) is 44.5 Å². The van der Waals surface area contributed by atoms with Crippen LogP contribution in [0.15, 0.2) is 30.5 Å². The van der Waals surface area contributed by atoms with E-state index in [9.17, 15) is 9.90 Å². The molecule has 0 bridgehead atoms. The highest BCUT2D eigenvalue weighted by atomic mass is 16.5. The lowest BCUT2D eigenvalue weighted by Gasteiger charge is -2.09. The van der Waals surface area contributed by atoms with Gasteiger partial charge in [0.15, 0.2) is 11.5 Å². The van der Waals surface area contributed by atoms with Gasteiger partial charge in [0, 0.05) is 24.8 Å². The minimum absolute atomic E-state index is 0.00512. The number of hydrogen-bond donors (Lipinski definition) is 2. The van der Waals surface area contributed by atoms with Crippen LogP contribution >= 0.6 is 0 Å². The van der Waals surface area contributed by atoms with Crippen molar-refractivity contribution >= 4 is 5.91 Å². The summed E-state index contributed by atoms with van der Waals surface area (Å²) in [5.41, 5.74) is 0.851. The van der Waals surface area contributed by atoms with E-state index in [1.807, 2.05) is 0 Å². The van der Waals surface area contributed by atoms with Crippen LogP contribution < -0.4 is 10.1 Å². The van der Waals surface area contributed by atoms with E-state index in [4.69, 9.17) is 4.74 Å². The number of hydrogen-bond acceptors (Lipinski definition) is 3. The van der Waals surface area contributed by atoms with Crippen molar-refractivity contribution in [3.8, 4) is 23.3 Å². The summed E-state index contributed by atoms with van der Waals surface area (Å²) in [6, 6.07) is 5.06. The average Bonchev–Trinajstić information content (AvgIpc) is 2.49. The van der Waals surface area contributed by atoms with E-state index in [1.54, 1.807) is 25.1 Å². The van der Waals surface area contributed by atoms with Crippen molar-refractivity contribution in [2.24, 2.45) is 5.41 Å². The lowest BCUT2D eigenvalue weighted by molar-refractivity contribution is -0.121. The first kappa shape index (κ1) is 20.6. The molecule has 0 atom stereocenters. The Morgan fingerprint density at radius 3 is 2.64 bits per heavy atom. The molecule has 4 heteroatoms. The van der Waals surface area contributed by atoms with Crippen molar-refractivity contribution in [1.29, 1.82) is 0 Å². The lowest BCUT2D eigenvalue weighted by Crippen LogP contribution is -2.22. The predicted octanol–water partition coefficient (Wildman–Crippen LogP) is 4.53. The monoisotopic (exact) mass is 343 g/mol. The van der Waals surface area contributed by atoms with Crippen LogP contribution in [0.25, 0.3) is 0 Å². The van der Waals surface area contributed by atoms with Crippen LogP contribution in [0, 0.1) is 17.3 Å². The first-order chi connectivity index (χ1) is 11.7. The summed E-state index contributed by atoms with van der Waals surface area (Å²) in [6.45, 7) is 12.0. The maximum absolute atomic E-state index is 11.9. The molecular weight excluding hydrogens is 314 g/mol. The Morgan fingerprint density at radius 1 is 1.32 bits per heavy atom. The Balaban J connectivity index is 2.31. The molecule has 0 aliphatic heterocycles. The van der Waals surface area contributed by atoms with E-state index in [0.717, 1.165) is 24.8 Å². The zero-order chi connectivity index (χ0) is 18.9. The van der Waals surface area contributed by atoms with Gasteiger partial charge in [0.25, 0.3) is 0 Å². The van der Waals surface area contributed by atoms with Crippen molar-refractivity contribution in [1.82, 2.24) is 5.32 Å². The summed E-state index contributed by atoms with van der Waals surface area (Å²) < 4.78 is 5.29. The number of nitrogens with one attached hydrogen (secondary N) is 1. The number of benzene rings is 1. The topological polar surface area (TPSA) is 58.6 Å². The van der Waals surface area contributed by atoms with E-state index in [-0.39, 0.29) is 17.1 Å². The van der Waals surface area contributed by atoms with Gasteiger partial charge in [-0.2, -0.15) is 0 Å². The van der Waals surface area contributed by atoms with Crippen LogP contribution in [-0.2, 0) is 11.3 Å². The van der Waals surface area contributed by atoms with Crippen LogP contribution in [0.2, 0.25) is 0 Å². The Bertz CT molecular complexity index is 660. The summed E-state index contributed by atoms with van der Waals surface area (Å²) in [7, 11) is 0. The summed E-state index contributed by atoms with van der Waals surface area (Å²) in [5.74, 6) is 7.25. The second-order valence-corrected chi connectivity index (χ2v) is 7.14. The minimum atomic E-state index is 0.00512. The molecule has 0 aliphatic carbocycles. The second-order valence-electron chi connectivity index (χ2n) is 7.14. The molecule has 0 aliphatic rings. The SMILES string of the molecule is C=C(C)Oc1ccc(CNC(=O)CCCCC#CC(C)(C)C)cc1O. The van der Waals surface area contributed by atoms with Gasteiger partial charge in [-0.1, -0.05) is 18.6 Å². The number of aromatic hydroxyl groups is 1. The Morgan fingerprint density at radius 2 is 2.04 bits per heavy atom. The molecule has 0 spiro atoms. The maximum atomic E-state index is 11.9. The van der Waals surface area contributed by atoms with Crippen LogP contribution in [0.3, 0.4) is 0 Å². The van der Waals surface area contributed by atoms with Crippen molar-refractivity contribution in [2.75, 3.05) is 0 Å². The number of phenolic OH excluding ortho intramolecular Hbond substituents is 1. The first-order valence-corrected chi connectivity index (χ1v) is 8.59. The number of amides is 1. The largest absolute Gasteiger partial charge is 0.504 e. The fourth-order valence-electron chi connectivity index (χ4n) is 2.06. The highest BCUT2D eigenvalue weighted by Gasteiger charge is 2.06. The molecule has 0 fully saturated rings. The van der Waals surface area contributed by atoms with Gasteiger partial charge in [-0.05, 0) is 58.2 Å². The molecule has 0 radical (unpaired) electrons. The molecule has 4 nitrogen and oxygen atoms in total. The van der Waals surface area contributed by atoms with Crippen LogP contribution in [0.1, 0.15) is 58.9 Å². The van der Waals surface area contributed by atoms with Crippen LogP contribution in [0.4, 0.5) is 0 Å². The fourth-order valence-corrected chi connectivity index (χ4v) is 2.06. The Kier molecular flexibility index (Phi) is 8.07. The predicted molar refractivity (Wildman–Crippen MR) is 101 cm³/mol. The van der Waals surface area contributed by atoms with Gasteiger partial charge in [0.1, 0.15) is 0 Å². The number of carbonyl (C=O) groups excluding carboxylic acids is 1.